The lowest BCUT2D eigenvalue weighted by Gasteiger charge is -2.07. The van der Waals surface area contributed by atoms with Crippen molar-refractivity contribution in [1.82, 2.24) is 4.72 Å². The molecule has 0 aliphatic rings. The van der Waals surface area contributed by atoms with E-state index >= 15 is 0 Å². The van der Waals surface area contributed by atoms with Gasteiger partial charge < -0.3 is 10.8 Å². The molecule has 0 aliphatic heterocycles. The van der Waals surface area contributed by atoms with Crippen molar-refractivity contribution in [2.75, 3.05) is 24.3 Å². The lowest BCUT2D eigenvalue weighted by Crippen LogP contribution is -2.26. The molecule has 90 valence electrons. The number of rotatable bonds is 5. The summed E-state index contributed by atoms with van der Waals surface area (Å²) in [6.45, 7) is 0.365. The Morgan fingerprint density at radius 3 is 2.75 bits per heavy atom. The fourth-order valence-corrected chi connectivity index (χ4v) is 2.56. The number of hydrogen-bond donors (Lipinski definition) is 3. The van der Waals surface area contributed by atoms with Gasteiger partial charge in [-0.1, -0.05) is 0 Å². The van der Waals surface area contributed by atoms with Crippen molar-refractivity contribution in [3.63, 3.8) is 0 Å². The summed E-state index contributed by atoms with van der Waals surface area (Å²) >= 11 is 1.55. The van der Waals surface area contributed by atoms with Crippen molar-refractivity contribution >= 4 is 27.5 Å². The molecule has 0 unspecified atom stereocenters. The molecule has 5 nitrogen and oxygen atoms in total. The Morgan fingerprint density at radius 2 is 2.19 bits per heavy atom. The number of anilines is 1. The van der Waals surface area contributed by atoms with E-state index in [9.17, 15) is 13.5 Å². The lowest BCUT2D eigenvalue weighted by atomic mass is 10.3. The molecule has 0 atom stereocenters. The van der Waals surface area contributed by atoms with Gasteiger partial charge in [-0.3, -0.25) is 0 Å². The summed E-state index contributed by atoms with van der Waals surface area (Å²) in [6.07, 6.45) is 1.90. The van der Waals surface area contributed by atoms with Crippen LogP contribution >= 0.6 is 11.8 Å². The van der Waals surface area contributed by atoms with Crippen LogP contribution in [0.15, 0.2) is 23.1 Å². The van der Waals surface area contributed by atoms with Gasteiger partial charge in [-0.15, -0.1) is 0 Å². The first-order valence-corrected chi connectivity index (χ1v) is 7.42. The third-order valence-electron chi connectivity index (χ3n) is 1.91. The molecule has 16 heavy (non-hydrogen) atoms. The Morgan fingerprint density at radius 1 is 1.50 bits per heavy atom. The van der Waals surface area contributed by atoms with Gasteiger partial charge in [-0.25, -0.2) is 13.1 Å². The first-order chi connectivity index (χ1) is 7.47. The third-order valence-corrected chi connectivity index (χ3v) is 3.98. The largest absolute Gasteiger partial charge is 0.506 e. The topological polar surface area (TPSA) is 92.4 Å². The minimum absolute atomic E-state index is 0.0488. The smallest absolute Gasteiger partial charge is 0.240 e. The van der Waals surface area contributed by atoms with Crippen LogP contribution in [0.25, 0.3) is 0 Å². The van der Waals surface area contributed by atoms with Gasteiger partial charge in [-0.05, 0) is 24.5 Å². The van der Waals surface area contributed by atoms with Crippen molar-refractivity contribution < 1.29 is 13.5 Å². The number of phenolic OH excluding ortho intramolecular Hbond substituents is 1. The minimum atomic E-state index is -3.53. The Labute approximate surface area is 99.1 Å². The average Bonchev–Trinajstić information content (AvgIpc) is 2.22. The quantitative estimate of drug-likeness (QED) is 0.411. The standard InChI is InChI=1S/C9H14N2O3S2/c1-15-5-4-11-16(13,14)7-2-3-9(12)8(10)6-7/h2-3,6,11-12H,4-5,10H2,1H3. The van der Waals surface area contributed by atoms with Crippen LogP contribution in [0.4, 0.5) is 5.69 Å². The summed E-state index contributed by atoms with van der Waals surface area (Å²) in [4.78, 5) is 0.0592. The predicted molar refractivity (Wildman–Crippen MR) is 66.1 cm³/mol. The molecule has 0 spiro atoms. The van der Waals surface area contributed by atoms with Gasteiger partial charge in [0.05, 0.1) is 10.6 Å². The van der Waals surface area contributed by atoms with E-state index < -0.39 is 10.0 Å². The van der Waals surface area contributed by atoms with Crippen LogP contribution < -0.4 is 10.5 Å². The number of nitrogens with two attached hydrogens (primary N) is 1. The summed E-state index contributed by atoms with van der Waals surface area (Å²) in [5, 5.41) is 9.18. The Balaban J connectivity index is 2.86. The fourth-order valence-electron chi connectivity index (χ4n) is 1.06. The molecular weight excluding hydrogens is 248 g/mol. The predicted octanol–water partition coefficient (Wildman–Crippen LogP) is 0.616. The molecule has 0 bridgehead atoms. The highest BCUT2D eigenvalue weighted by molar-refractivity contribution is 7.98. The number of nitrogens with one attached hydrogen (secondary N) is 1. The molecular formula is C9H14N2O3S2. The number of sulfonamides is 1. The van der Waals surface area contributed by atoms with Crippen molar-refractivity contribution in [3.8, 4) is 5.75 Å². The number of thioether (sulfide) groups is 1. The highest BCUT2D eigenvalue weighted by Gasteiger charge is 2.14. The molecule has 7 heteroatoms. The van der Waals surface area contributed by atoms with Gasteiger partial charge in [0.2, 0.25) is 10.0 Å². The van der Waals surface area contributed by atoms with Gasteiger partial charge in [0, 0.05) is 12.3 Å². The number of nitrogen functional groups attached to an aromatic ring is 1. The van der Waals surface area contributed by atoms with Crippen LogP contribution in [0, 0.1) is 0 Å². The average molecular weight is 262 g/mol. The maximum absolute atomic E-state index is 11.7. The summed E-state index contributed by atoms with van der Waals surface area (Å²) in [7, 11) is -3.53. The number of benzene rings is 1. The highest BCUT2D eigenvalue weighted by Crippen LogP contribution is 2.22. The van der Waals surface area contributed by atoms with Gasteiger partial charge in [-0.2, -0.15) is 11.8 Å². The number of phenols is 1. The summed E-state index contributed by atoms with van der Waals surface area (Å²) < 4.78 is 25.9. The van der Waals surface area contributed by atoms with E-state index in [0.29, 0.717) is 12.3 Å². The van der Waals surface area contributed by atoms with Crippen LogP contribution in [0.2, 0.25) is 0 Å². The van der Waals surface area contributed by atoms with E-state index in [-0.39, 0.29) is 16.3 Å². The third kappa shape index (κ3) is 3.29. The lowest BCUT2D eigenvalue weighted by molar-refractivity contribution is 0.477. The van der Waals surface area contributed by atoms with Crippen molar-refractivity contribution in [3.05, 3.63) is 18.2 Å². The van der Waals surface area contributed by atoms with Gasteiger partial charge in [0.15, 0.2) is 0 Å². The van der Waals surface area contributed by atoms with Crippen LogP contribution in [-0.4, -0.2) is 32.1 Å². The molecule has 0 amide bonds. The second-order valence-electron chi connectivity index (χ2n) is 3.11. The molecule has 0 aromatic heterocycles. The number of hydrogen-bond acceptors (Lipinski definition) is 5. The molecule has 4 N–H and O–H groups in total. The Bertz CT molecular complexity index is 460. The normalized spacial score (nSPS) is 11.6. The zero-order valence-electron chi connectivity index (χ0n) is 8.80. The van der Waals surface area contributed by atoms with Crippen LogP contribution in [0.3, 0.4) is 0 Å². The zero-order chi connectivity index (χ0) is 12.2. The summed E-state index contributed by atoms with van der Waals surface area (Å²) in [5.41, 5.74) is 5.47. The molecule has 0 heterocycles. The Kier molecular flexibility index (Phi) is 4.45. The van der Waals surface area contributed by atoms with Crippen LogP contribution in [-0.2, 0) is 10.0 Å². The molecule has 0 saturated heterocycles. The fraction of sp³-hybridized carbons (Fsp3) is 0.333. The van der Waals surface area contributed by atoms with E-state index in [1.807, 2.05) is 6.26 Å². The maximum atomic E-state index is 11.7. The maximum Gasteiger partial charge on any atom is 0.240 e. The minimum Gasteiger partial charge on any atom is -0.506 e. The molecule has 1 aromatic rings. The van der Waals surface area contributed by atoms with Gasteiger partial charge in [0.1, 0.15) is 5.75 Å². The van der Waals surface area contributed by atoms with Crippen LogP contribution in [0.5, 0.6) is 5.75 Å². The molecule has 0 aliphatic carbocycles. The second-order valence-corrected chi connectivity index (χ2v) is 5.86. The van der Waals surface area contributed by atoms with Gasteiger partial charge >= 0.3 is 0 Å². The van der Waals surface area contributed by atoms with E-state index in [1.165, 1.54) is 18.2 Å². The molecule has 0 saturated carbocycles. The SMILES string of the molecule is CSCCNS(=O)(=O)c1ccc(O)c(N)c1. The molecule has 0 fully saturated rings. The van der Waals surface area contributed by atoms with Crippen molar-refractivity contribution in [2.24, 2.45) is 0 Å². The van der Waals surface area contributed by atoms with Crippen LogP contribution in [0.1, 0.15) is 0 Å². The molecule has 1 rings (SSSR count). The van der Waals surface area contributed by atoms with Crippen molar-refractivity contribution in [2.45, 2.75) is 4.90 Å². The summed E-state index contributed by atoms with van der Waals surface area (Å²) in [6, 6.07) is 3.81. The Hall–Kier alpha value is -0.920. The highest BCUT2D eigenvalue weighted by atomic mass is 32.2. The van der Waals surface area contributed by atoms with Gasteiger partial charge in [0.25, 0.3) is 0 Å². The monoisotopic (exact) mass is 262 g/mol. The van der Waals surface area contributed by atoms with E-state index in [0.717, 1.165) is 0 Å². The van der Waals surface area contributed by atoms with Crippen molar-refractivity contribution in [1.29, 1.82) is 0 Å². The summed E-state index contributed by atoms with van der Waals surface area (Å²) in [5.74, 6) is 0.579. The molecule has 1 aromatic carbocycles. The zero-order valence-corrected chi connectivity index (χ0v) is 10.4. The first-order valence-electron chi connectivity index (χ1n) is 4.54. The van der Waals surface area contributed by atoms with E-state index in [2.05, 4.69) is 4.72 Å². The van der Waals surface area contributed by atoms with E-state index in [4.69, 9.17) is 5.73 Å². The van der Waals surface area contributed by atoms with E-state index in [1.54, 1.807) is 11.8 Å². The second kappa shape index (κ2) is 5.42. The molecule has 0 radical (unpaired) electrons. The first kappa shape index (κ1) is 13.1. The number of aromatic hydroxyl groups is 1.